The van der Waals surface area contributed by atoms with Gasteiger partial charge in [0.2, 0.25) is 11.0 Å². The number of hydrogen-bond acceptors (Lipinski definition) is 6. The third kappa shape index (κ3) is 3.77. The summed E-state index contributed by atoms with van der Waals surface area (Å²) in [5.74, 6) is 0.180. The summed E-state index contributed by atoms with van der Waals surface area (Å²) in [5.41, 5.74) is -0.264. The molecule has 1 fully saturated rings. The van der Waals surface area contributed by atoms with Gasteiger partial charge in [-0.1, -0.05) is 18.0 Å². The van der Waals surface area contributed by atoms with E-state index in [2.05, 4.69) is 20.2 Å². The van der Waals surface area contributed by atoms with Crippen LogP contribution in [0.4, 0.5) is 11.5 Å². The maximum Gasteiger partial charge on any atom is 0.348 e. The van der Waals surface area contributed by atoms with Gasteiger partial charge < -0.3 is 10.2 Å². The molecule has 20 heavy (non-hydrogen) atoms. The van der Waals surface area contributed by atoms with Gasteiger partial charge in [-0.25, -0.2) is 9.97 Å². The van der Waals surface area contributed by atoms with Crippen molar-refractivity contribution in [3.8, 4) is 0 Å². The zero-order chi connectivity index (χ0) is 14.5. The molecule has 0 bridgehead atoms. The number of nitrogens with zero attached hydrogens (tertiary/aromatic N) is 4. The minimum absolute atomic E-state index is 0.0535. The molecule has 0 saturated carbocycles. The molecule has 7 nitrogen and oxygen atoms in total. The second kappa shape index (κ2) is 6.81. The quantitative estimate of drug-likeness (QED) is 0.510. The summed E-state index contributed by atoms with van der Waals surface area (Å²) in [7, 11) is 0. The predicted molar refractivity (Wildman–Crippen MR) is 77.1 cm³/mol. The Kier molecular flexibility index (Phi) is 5.08. The van der Waals surface area contributed by atoms with Gasteiger partial charge in [0, 0.05) is 12.6 Å². The molecule has 1 aliphatic rings. The van der Waals surface area contributed by atoms with Gasteiger partial charge in [0.1, 0.15) is 6.33 Å². The number of aromatic nitrogens is 2. The van der Waals surface area contributed by atoms with Crippen molar-refractivity contribution in [3.05, 3.63) is 21.6 Å². The van der Waals surface area contributed by atoms with E-state index in [0.717, 1.165) is 19.6 Å². The third-order valence-electron chi connectivity index (χ3n) is 3.32. The molecule has 1 aromatic rings. The lowest BCUT2D eigenvalue weighted by Gasteiger charge is -2.29. The largest absolute Gasteiger partial charge is 0.360 e. The average Bonchev–Trinajstić information content (AvgIpc) is 2.39. The van der Waals surface area contributed by atoms with Crippen molar-refractivity contribution >= 4 is 23.1 Å². The highest BCUT2D eigenvalue weighted by Gasteiger charge is 2.23. The van der Waals surface area contributed by atoms with Crippen molar-refractivity contribution in [2.45, 2.75) is 32.2 Å². The van der Waals surface area contributed by atoms with Gasteiger partial charge in [0.05, 0.1) is 4.92 Å². The Morgan fingerprint density at radius 1 is 1.45 bits per heavy atom. The van der Waals surface area contributed by atoms with Crippen molar-refractivity contribution < 1.29 is 4.92 Å². The molecule has 2 rings (SSSR count). The van der Waals surface area contributed by atoms with E-state index in [1.165, 1.54) is 25.6 Å². The first-order chi connectivity index (χ1) is 9.58. The molecule has 110 valence electrons. The van der Waals surface area contributed by atoms with Gasteiger partial charge in [0.25, 0.3) is 0 Å². The predicted octanol–water partition coefficient (Wildman–Crippen LogP) is 2.32. The lowest BCUT2D eigenvalue weighted by Crippen LogP contribution is -2.38. The summed E-state index contributed by atoms with van der Waals surface area (Å²) in [4.78, 5) is 20.4. The summed E-state index contributed by atoms with van der Waals surface area (Å²) in [6.45, 7) is 4.98. The fourth-order valence-corrected chi connectivity index (χ4v) is 2.64. The molecule has 1 atom stereocenters. The van der Waals surface area contributed by atoms with Crippen LogP contribution in [0.3, 0.4) is 0 Å². The molecule has 0 amide bonds. The van der Waals surface area contributed by atoms with Crippen LogP contribution in [0.1, 0.15) is 26.2 Å². The minimum atomic E-state index is -0.557. The van der Waals surface area contributed by atoms with Gasteiger partial charge in [-0.3, -0.25) is 10.1 Å². The van der Waals surface area contributed by atoms with Crippen molar-refractivity contribution in [2.24, 2.45) is 0 Å². The third-order valence-corrected chi connectivity index (χ3v) is 3.60. The Labute approximate surface area is 122 Å². The topological polar surface area (TPSA) is 84.2 Å². The van der Waals surface area contributed by atoms with Crippen molar-refractivity contribution in [1.29, 1.82) is 0 Å². The van der Waals surface area contributed by atoms with E-state index in [-0.39, 0.29) is 22.7 Å². The molecular weight excluding hydrogens is 282 g/mol. The van der Waals surface area contributed by atoms with Crippen LogP contribution in [-0.2, 0) is 0 Å². The van der Waals surface area contributed by atoms with Crippen LogP contribution < -0.4 is 5.32 Å². The standard InChI is InChI=1S/C12H18ClN5O2/c1-9(7-17-5-3-2-4-6-17)16-12-10(18(19)20)11(13)14-8-15-12/h8-9H,2-7H2,1H3,(H,14,15,16). The number of nitrogens with one attached hydrogen (secondary N) is 1. The molecule has 1 aliphatic heterocycles. The lowest BCUT2D eigenvalue weighted by molar-refractivity contribution is -0.384. The van der Waals surface area contributed by atoms with E-state index in [1.807, 2.05) is 6.92 Å². The summed E-state index contributed by atoms with van der Waals surface area (Å²) >= 11 is 5.76. The molecule has 0 spiro atoms. The first-order valence-corrected chi connectivity index (χ1v) is 7.09. The summed E-state index contributed by atoms with van der Waals surface area (Å²) in [6.07, 6.45) is 4.94. The van der Waals surface area contributed by atoms with Gasteiger partial charge >= 0.3 is 5.69 Å². The van der Waals surface area contributed by atoms with Crippen molar-refractivity contribution in [1.82, 2.24) is 14.9 Å². The Morgan fingerprint density at radius 2 is 2.15 bits per heavy atom. The van der Waals surface area contributed by atoms with E-state index in [9.17, 15) is 10.1 Å². The number of likely N-dealkylation sites (tertiary alicyclic amines) is 1. The zero-order valence-electron chi connectivity index (χ0n) is 11.4. The minimum Gasteiger partial charge on any atom is -0.360 e. The number of piperidine rings is 1. The van der Waals surface area contributed by atoms with E-state index < -0.39 is 4.92 Å². The molecule has 1 N–H and O–H groups in total. The number of anilines is 1. The smallest absolute Gasteiger partial charge is 0.348 e. The highest BCUT2D eigenvalue weighted by atomic mass is 35.5. The molecule has 1 aromatic heterocycles. The first kappa shape index (κ1) is 14.9. The molecule has 0 aliphatic carbocycles. The molecule has 1 saturated heterocycles. The lowest BCUT2D eigenvalue weighted by atomic mass is 10.1. The number of nitro groups is 1. The van der Waals surface area contributed by atoms with Crippen LogP contribution in [0, 0.1) is 10.1 Å². The fourth-order valence-electron chi connectivity index (χ4n) is 2.43. The van der Waals surface area contributed by atoms with Crippen LogP contribution in [-0.4, -0.2) is 45.5 Å². The average molecular weight is 300 g/mol. The van der Waals surface area contributed by atoms with E-state index in [4.69, 9.17) is 11.6 Å². The molecule has 1 unspecified atom stereocenters. The Bertz CT molecular complexity index is 479. The van der Waals surface area contributed by atoms with Gasteiger partial charge in [-0.15, -0.1) is 0 Å². The van der Waals surface area contributed by atoms with Gasteiger partial charge in [-0.2, -0.15) is 0 Å². The zero-order valence-corrected chi connectivity index (χ0v) is 12.1. The second-order valence-electron chi connectivity index (χ2n) is 5.03. The maximum absolute atomic E-state index is 11.0. The van der Waals surface area contributed by atoms with Gasteiger partial charge in [-0.05, 0) is 32.9 Å². The van der Waals surface area contributed by atoms with Crippen LogP contribution in [0.5, 0.6) is 0 Å². The first-order valence-electron chi connectivity index (χ1n) is 6.71. The molecular formula is C12H18ClN5O2. The Morgan fingerprint density at radius 3 is 2.80 bits per heavy atom. The summed E-state index contributed by atoms with van der Waals surface area (Å²) < 4.78 is 0. The SMILES string of the molecule is CC(CN1CCCCC1)Nc1ncnc(Cl)c1[N+](=O)[O-]. The second-order valence-corrected chi connectivity index (χ2v) is 5.38. The monoisotopic (exact) mass is 299 g/mol. The van der Waals surface area contributed by atoms with E-state index in [0.29, 0.717) is 0 Å². The van der Waals surface area contributed by atoms with Crippen LogP contribution >= 0.6 is 11.6 Å². The highest BCUT2D eigenvalue weighted by molar-refractivity contribution is 6.31. The van der Waals surface area contributed by atoms with Gasteiger partial charge in [0.15, 0.2) is 0 Å². The van der Waals surface area contributed by atoms with Crippen molar-refractivity contribution in [2.75, 3.05) is 25.0 Å². The van der Waals surface area contributed by atoms with E-state index in [1.54, 1.807) is 0 Å². The number of hydrogen-bond donors (Lipinski definition) is 1. The van der Waals surface area contributed by atoms with Crippen LogP contribution in [0.2, 0.25) is 5.15 Å². The Balaban J connectivity index is 2.01. The molecule has 2 heterocycles. The summed E-state index contributed by atoms with van der Waals surface area (Å²) in [5, 5.41) is 13.9. The molecule has 0 aromatic carbocycles. The maximum atomic E-state index is 11.0. The Hall–Kier alpha value is -1.47. The van der Waals surface area contributed by atoms with E-state index >= 15 is 0 Å². The molecule has 0 radical (unpaired) electrons. The summed E-state index contributed by atoms with van der Waals surface area (Å²) in [6, 6.07) is 0.0535. The highest BCUT2D eigenvalue weighted by Crippen LogP contribution is 2.28. The fraction of sp³-hybridized carbons (Fsp3) is 0.667. The van der Waals surface area contributed by atoms with Crippen LogP contribution in [0.15, 0.2) is 6.33 Å². The molecule has 8 heteroatoms. The number of rotatable bonds is 5. The normalized spacial score (nSPS) is 17.7. The van der Waals surface area contributed by atoms with Crippen molar-refractivity contribution in [3.63, 3.8) is 0 Å². The van der Waals surface area contributed by atoms with Crippen LogP contribution in [0.25, 0.3) is 0 Å². The number of halogens is 1.